The van der Waals surface area contributed by atoms with Crippen molar-refractivity contribution in [2.24, 2.45) is 5.10 Å². The number of halogens is 1. The van der Waals surface area contributed by atoms with Gasteiger partial charge in [0.25, 0.3) is 0 Å². The summed E-state index contributed by atoms with van der Waals surface area (Å²) >= 11 is 9.53. The third-order valence-corrected chi connectivity index (χ3v) is 6.53. The van der Waals surface area contributed by atoms with E-state index < -0.39 is 0 Å². The number of nitrogens with zero attached hydrogens (tertiary/aromatic N) is 1. The van der Waals surface area contributed by atoms with Crippen molar-refractivity contribution >= 4 is 46.7 Å². The lowest BCUT2D eigenvalue weighted by atomic mass is 10.1. The molecule has 20 heavy (non-hydrogen) atoms. The molecule has 0 spiro atoms. The van der Waals surface area contributed by atoms with Crippen molar-refractivity contribution in [2.45, 2.75) is 24.3 Å². The minimum absolute atomic E-state index is 0.00617. The van der Waals surface area contributed by atoms with Crippen LogP contribution >= 0.6 is 35.1 Å². The fourth-order valence-electron chi connectivity index (χ4n) is 1.89. The summed E-state index contributed by atoms with van der Waals surface area (Å²) in [5.74, 6) is 2.19. The van der Waals surface area contributed by atoms with Gasteiger partial charge in [-0.05, 0) is 31.5 Å². The molecule has 0 aliphatic carbocycles. The molecule has 1 amide bonds. The molecule has 0 bridgehead atoms. The number of carbonyl (C=O) groups is 1. The molecule has 0 unspecified atom stereocenters. The van der Waals surface area contributed by atoms with Crippen molar-refractivity contribution in [1.29, 1.82) is 0 Å². The van der Waals surface area contributed by atoms with Crippen LogP contribution in [0.15, 0.2) is 29.4 Å². The van der Waals surface area contributed by atoms with E-state index in [4.69, 9.17) is 11.6 Å². The molecule has 3 nitrogen and oxygen atoms in total. The molecule has 0 aromatic heterocycles. The molecule has 1 fully saturated rings. The molecule has 6 heteroatoms. The highest BCUT2D eigenvalue weighted by molar-refractivity contribution is 8.21. The van der Waals surface area contributed by atoms with Crippen molar-refractivity contribution in [2.75, 3.05) is 11.5 Å². The molecule has 1 aromatic rings. The molecule has 1 heterocycles. The lowest BCUT2D eigenvalue weighted by molar-refractivity contribution is -0.121. The predicted molar refractivity (Wildman–Crippen MR) is 89.7 cm³/mol. The van der Waals surface area contributed by atoms with Crippen LogP contribution < -0.4 is 5.43 Å². The van der Waals surface area contributed by atoms with E-state index in [-0.39, 0.29) is 9.99 Å². The number of nitrogens with one attached hydrogen (secondary N) is 1. The number of carbonyl (C=O) groups excluding carboxylic acids is 1. The first-order valence-electron chi connectivity index (χ1n) is 6.35. The van der Waals surface area contributed by atoms with Crippen LogP contribution in [0.4, 0.5) is 0 Å². The zero-order valence-corrected chi connectivity index (χ0v) is 13.9. The molecule has 0 radical (unpaired) electrons. The van der Waals surface area contributed by atoms with Gasteiger partial charge in [-0.3, -0.25) is 4.79 Å². The molecule has 1 aliphatic heterocycles. The van der Waals surface area contributed by atoms with Gasteiger partial charge in [-0.15, -0.1) is 23.5 Å². The van der Waals surface area contributed by atoms with Gasteiger partial charge in [0.1, 0.15) is 0 Å². The number of thioether (sulfide) groups is 2. The van der Waals surface area contributed by atoms with E-state index in [1.54, 1.807) is 0 Å². The van der Waals surface area contributed by atoms with Gasteiger partial charge in [0.15, 0.2) is 0 Å². The smallest absolute Gasteiger partial charge is 0.242 e. The number of hydrazone groups is 1. The minimum Gasteiger partial charge on any atom is -0.273 e. The Morgan fingerprint density at radius 2 is 1.95 bits per heavy atom. The summed E-state index contributed by atoms with van der Waals surface area (Å²) in [5.41, 5.74) is 4.36. The zero-order valence-electron chi connectivity index (χ0n) is 11.5. The Bertz CT molecular complexity index is 510. The number of amides is 1. The van der Waals surface area contributed by atoms with Crippen LogP contribution in [-0.2, 0) is 4.79 Å². The molecule has 1 aliphatic rings. The van der Waals surface area contributed by atoms with Gasteiger partial charge in [-0.25, -0.2) is 5.43 Å². The Kier molecular flexibility index (Phi) is 5.41. The summed E-state index contributed by atoms with van der Waals surface area (Å²) in [6.45, 7) is 3.98. The fourth-order valence-corrected chi connectivity index (χ4v) is 4.85. The normalized spacial score (nSPS) is 18.1. The lowest BCUT2D eigenvalue weighted by Crippen LogP contribution is -2.26. The van der Waals surface area contributed by atoms with E-state index in [0.717, 1.165) is 22.8 Å². The maximum Gasteiger partial charge on any atom is 0.242 e. The molecule has 1 N–H and O–H groups in total. The standard InChI is InChI=1S/C14H17ClN2OS2/c1-10(11-3-5-12(15)6-4-11)16-17-13(18)9-14(2)19-7-8-20-14/h3-6H,7-9H2,1-2H3,(H,17,18)/b16-10-. The number of benzene rings is 1. The topological polar surface area (TPSA) is 41.5 Å². The van der Waals surface area contributed by atoms with Gasteiger partial charge in [-0.2, -0.15) is 5.10 Å². The first-order valence-corrected chi connectivity index (χ1v) is 8.70. The summed E-state index contributed by atoms with van der Waals surface area (Å²) in [4.78, 5) is 11.9. The Hall–Kier alpha value is -0.650. The Balaban J connectivity index is 1.91. The van der Waals surface area contributed by atoms with Gasteiger partial charge in [0.05, 0.1) is 16.2 Å². The summed E-state index contributed by atoms with van der Waals surface area (Å²) < 4.78 is -0.00617. The number of rotatable bonds is 4. The molecule has 1 saturated heterocycles. The molecule has 2 rings (SSSR count). The second kappa shape index (κ2) is 6.87. The van der Waals surface area contributed by atoms with Crippen LogP contribution in [0.25, 0.3) is 0 Å². The van der Waals surface area contributed by atoms with Gasteiger partial charge < -0.3 is 0 Å². The van der Waals surface area contributed by atoms with Crippen molar-refractivity contribution in [3.63, 3.8) is 0 Å². The van der Waals surface area contributed by atoms with E-state index in [1.165, 1.54) is 0 Å². The van der Waals surface area contributed by atoms with Crippen molar-refractivity contribution in [3.05, 3.63) is 34.9 Å². The number of hydrogen-bond donors (Lipinski definition) is 1. The monoisotopic (exact) mass is 328 g/mol. The largest absolute Gasteiger partial charge is 0.273 e. The summed E-state index contributed by atoms with van der Waals surface area (Å²) in [6, 6.07) is 7.39. The summed E-state index contributed by atoms with van der Waals surface area (Å²) in [7, 11) is 0. The van der Waals surface area contributed by atoms with Gasteiger partial charge in [0.2, 0.25) is 5.91 Å². The Labute approximate surface area is 132 Å². The van der Waals surface area contributed by atoms with Gasteiger partial charge in [-0.1, -0.05) is 23.7 Å². The predicted octanol–water partition coefficient (Wildman–Crippen LogP) is 3.77. The molecule has 0 saturated carbocycles. The average molecular weight is 329 g/mol. The van der Waals surface area contributed by atoms with E-state index in [1.807, 2.05) is 54.7 Å². The molecule has 1 aromatic carbocycles. The van der Waals surface area contributed by atoms with Crippen LogP contribution in [-0.4, -0.2) is 27.2 Å². The molecule has 0 atom stereocenters. The highest BCUT2D eigenvalue weighted by atomic mass is 35.5. The van der Waals surface area contributed by atoms with Crippen LogP contribution in [0.3, 0.4) is 0 Å². The maximum atomic E-state index is 11.9. The van der Waals surface area contributed by atoms with E-state index in [9.17, 15) is 4.79 Å². The Morgan fingerprint density at radius 3 is 2.55 bits per heavy atom. The second-order valence-corrected chi connectivity index (χ2v) is 8.64. The first-order chi connectivity index (χ1) is 9.48. The van der Waals surface area contributed by atoms with E-state index in [2.05, 4.69) is 17.5 Å². The van der Waals surface area contributed by atoms with E-state index >= 15 is 0 Å². The molecular weight excluding hydrogens is 312 g/mol. The fraction of sp³-hybridized carbons (Fsp3) is 0.429. The average Bonchev–Trinajstić information content (AvgIpc) is 2.83. The van der Waals surface area contributed by atoms with Crippen LogP contribution in [0.2, 0.25) is 5.02 Å². The zero-order chi connectivity index (χ0) is 14.6. The lowest BCUT2D eigenvalue weighted by Gasteiger charge is -2.19. The minimum atomic E-state index is -0.0392. The summed E-state index contributed by atoms with van der Waals surface area (Å²) in [5, 5.41) is 4.84. The quantitative estimate of drug-likeness (QED) is 0.675. The van der Waals surface area contributed by atoms with Crippen molar-refractivity contribution < 1.29 is 4.79 Å². The van der Waals surface area contributed by atoms with Crippen LogP contribution in [0.5, 0.6) is 0 Å². The molecule has 108 valence electrons. The van der Waals surface area contributed by atoms with Crippen molar-refractivity contribution in [1.82, 2.24) is 5.43 Å². The van der Waals surface area contributed by atoms with Crippen LogP contribution in [0.1, 0.15) is 25.8 Å². The third kappa shape index (κ3) is 4.43. The molecular formula is C14H17ClN2OS2. The summed E-state index contributed by atoms with van der Waals surface area (Å²) in [6.07, 6.45) is 0.486. The van der Waals surface area contributed by atoms with Crippen LogP contribution in [0, 0.1) is 0 Å². The highest BCUT2D eigenvalue weighted by Crippen LogP contribution is 2.45. The van der Waals surface area contributed by atoms with E-state index in [0.29, 0.717) is 11.4 Å². The second-order valence-electron chi connectivity index (χ2n) is 4.75. The van der Waals surface area contributed by atoms with Gasteiger partial charge in [0, 0.05) is 16.5 Å². The maximum absolute atomic E-state index is 11.9. The SMILES string of the molecule is C/C(=N/NC(=O)CC1(C)SCCS1)c1ccc(Cl)cc1. The number of hydrogen-bond acceptors (Lipinski definition) is 4. The highest BCUT2D eigenvalue weighted by Gasteiger charge is 2.32. The Morgan fingerprint density at radius 1 is 1.35 bits per heavy atom. The third-order valence-electron chi connectivity index (χ3n) is 2.99. The first kappa shape index (κ1) is 15.7. The van der Waals surface area contributed by atoms with Crippen molar-refractivity contribution in [3.8, 4) is 0 Å². The van der Waals surface area contributed by atoms with Gasteiger partial charge >= 0.3 is 0 Å².